The van der Waals surface area contributed by atoms with E-state index >= 15 is 0 Å². The second-order valence-corrected chi connectivity index (χ2v) is 5.76. The molecule has 0 saturated heterocycles. The van der Waals surface area contributed by atoms with Gasteiger partial charge in [-0.2, -0.15) is 0 Å². The predicted molar refractivity (Wildman–Crippen MR) is 96.5 cm³/mol. The minimum absolute atomic E-state index is 0.357. The number of carbonyl (C=O) groups is 1. The second-order valence-electron chi connectivity index (χ2n) is 5.35. The average Bonchev–Trinajstić information content (AvgIpc) is 2.62. The molecule has 4 nitrogen and oxygen atoms in total. The number of hydrogen-bond acceptors (Lipinski definition) is 3. The summed E-state index contributed by atoms with van der Waals surface area (Å²) in [6, 6.07) is 16.6. The number of nitrogens with zero attached hydrogens (tertiary/aromatic N) is 1. The third-order valence-electron chi connectivity index (χ3n) is 3.83. The first kappa shape index (κ1) is 16.2. The Kier molecular flexibility index (Phi) is 4.60. The Morgan fingerprint density at radius 3 is 2.54 bits per heavy atom. The van der Waals surface area contributed by atoms with Crippen molar-refractivity contribution < 1.29 is 4.79 Å². The molecule has 24 heavy (non-hydrogen) atoms. The van der Waals surface area contributed by atoms with Gasteiger partial charge in [-0.1, -0.05) is 29.8 Å². The van der Waals surface area contributed by atoms with Crippen LogP contribution in [-0.2, 0) is 6.54 Å². The lowest BCUT2D eigenvalue weighted by molar-refractivity contribution is 0.100. The molecule has 0 aliphatic heterocycles. The van der Waals surface area contributed by atoms with E-state index in [1.807, 2.05) is 42.5 Å². The zero-order chi connectivity index (χ0) is 17.1. The molecule has 0 fully saturated rings. The second kappa shape index (κ2) is 6.83. The van der Waals surface area contributed by atoms with E-state index < -0.39 is 5.91 Å². The molecule has 0 aliphatic carbocycles. The highest BCUT2D eigenvalue weighted by molar-refractivity contribution is 6.33. The van der Waals surface area contributed by atoms with Crippen LogP contribution in [0.1, 0.15) is 15.9 Å². The summed E-state index contributed by atoms with van der Waals surface area (Å²) in [5.41, 5.74) is 16.0. The van der Waals surface area contributed by atoms with E-state index in [0.29, 0.717) is 17.1 Å². The van der Waals surface area contributed by atoms with Crippen LogP contribution >= 0.6 is 11.6 Å². The van der Waals surface area contributed by atoms with Crippen LogP contribution in [0.2, 0.25) is 5.02 Å². The molecule has 0 aliphatic rings. The molecule has 0 radical (unpaired) electrons. The number of primary amides is 1. The number of nitrogens with two attached hydrogens (primary N) is 2. The summed E-state index contributed by atoms with van der Waals surface area (Å²) >= 11 is 6.33. The van der Waals surface area contributed by atoms with Gasteiger partial charge >= 0.3 is 0 Å². The normalized spacial score (nSPS) is 10.6. The number of hydrogen-bond donors (Lipinski definition) is 2. The Labute approximate surface area is 145 Å². The number of aromatic nitrogens is 1. The van der Waals surface area contributed by atoms with Crippen molar-refractivity contribution in [3.05, 3.63) is 76.9 Å². The van der Waals surface area contributed by atoms with Crippen LogP contribution in [-0.4, -0.2) is 10.9 Å². The van der Waals surface area contributed by atoms with E-state index in [-0.39, 0.29) is 0 Å². The minimum Gasteiger partial charge on any atom is -0.366 e. The van der Waals surface area contributed by atoms with Gasteiger partial charge in [0, 0.05) is 28.9 Å². The van der Waals surface area contributed by atoms with Crippen LogP contribution in [0.4, 0.5) is 0 Å². The number of amides is 1. The summed E-state index contributed by atoms with van der Waals surface area (Å²) in [7, 11) is 0. The molecule has 0 saturated carbocycles. The standard InChI is InChI=1S/C19H16ClN3O/c20-17-7-6-12(9-16(17)18-3-1-2-8-23-18)15-10-13(19(22)24)4-5-14(15)11-21/h1-10H,11,21H2,(H2,22,24). The molecule has 120 valence electrons. The number of benzene rings is 2. The maximum absolute atomic E-state index is 11.5. The molecule has 2 aromatic carbocycles. The summed E-state index contributed by atoms with van der Waals surface area (Å²) in [6.45, 7) is 0.357. The molecule has 4 N–H and O–H groups in total. The summed E-state index contributed by atoms with van der Waals surface area (Å²) in [5.74, 6) is -0.473. The minimum atomic E-state index is -0.473. The third-order valence-corrected chi connectivity index (χ3v) is 4.16. The first-order chi connectivity index (χ1) is 11.6. The first-order valence-electron chi connectivity index (χ1n) is 7.44. The quantitative estimate of drug-likeness (QED) is 0.762. The van der Waals surface area contributed by atoms with Crippen LogP contribution in [0.3, 0.4) is 0 Å². The summed E-state index contributed by atoms with van der Waals surface area (Å²) in [4.78, 5) is 15.8. The molecule has 3 rings (SSSR count). The van der Waals surface area contributed by atoms with Gasteiger partial charge in [-0.05, 0) is 53.1 Å². The SMILES string of the molecule is NCc1ccc(C(N)=O)cc1-c1ccc(Cl)c(-c2ccccn2)c1. The van der Waals surface area contributed by atoms with Crippen LogP contribution in [0.25, 0.3) is 22.4 Å². The van der Waals surface area contributed by atoms with Crippen molar-refractivity contribution in [3.63, 3.8) is 0 Å². The van der Waals surface area contributed by atoms with Gasteiger partial charge in [0.25, 0.3) is 0 Å². The zero-order valence-electron chi connectivity index (χ0n) is 12.9. The Morgan fingerprint density at radius 1 is 1.04 bits per heavy atom. The van der Waals surface area contributed by atoms with E-state index in [2.05, 4.69) is 4.98 Å². The average molecular weight is 338 g/mol. The summed E-state index contributed by atoms with van der Waals surface area (Å²) in [6.07, 6.45) is 1.72. The number of pyridine rings is 1. The van der Waals surface area contributed by atoms with Crippen molar-refractivity contribution in [2.75, 3.05) is 0 Å². The third kappa shape index (κ3) is 3.15. The predicted octanol–water partition coefficient (Wildman–Crippen LogP) is 3.63. The Hall–Kier alpha value is -2.69. The highest BCUT2D eigenvalue weighted by Gasteiger charge is 2.12. The Morgan fingerprint density at radius 2 is 1.88 bits per heavy atom. The van der Waals surface area contributed by atoms with Crippen molar-refractivity contribution in [2.24, 2.45) is 11.5 Å². The molecule has 0 bridgehead atoms. The lowest BCUT2D eigenvalue weighted by Gasteiger charge is -2.12. The Balaban J connectivity index is 2.17. The van der Waals surface area contributed by atoms with Gasteiger partial charge in [0.1, 0.15) is 0 Å². The van der Waals surface area contributed by atoms with Crippen molar-refractivity contribution >= 4 is 17.5 Å². The Bertz CT molecular complexity index is 894. The van der Waals surface area contributed by atoms with Gasteiger partial charge < -0.3 is 11.5 Å². The van der Waals surface area contributed by atoms with Gasteiger partial charge in [0.15, 0.2) is 0 Å². The largest absolute Gasteiger partial charge is 0.366 e. The smallest absolute Gasteiger partial charge is 0.248 e. The zero-order valence-corrected chi connectivity index (χ0v) is 13.6. The number of carbonyl (C=O) groups excluding carboxylic acids is 1. The lowest BCUT2D eigenvalue weighted by atomic mass is 9.95. The highest BCUT2D eigenvalue weighted by Crippen LogP contribution is 2.33. The van der Waals surface area contributed by atoms with E-state index in [9.17, 15) is 4.79 Å². The first-order valence-corrected chi connectivity index (χ1v) is 7.82. The van der Waals surface area contributed by atoms with Crippen LogP contribution in [0.5, 0.6) is 0 Å². The summed E-state index contributed by atoms with van der Waals surface area (Å²) < 4.78 is 0. The topological polar surface area (TPSA) is 82.0 Å². The van der Waals surface area contributed by atoms with Gasteiger partial charge in [-0.15, -0.1) is 0 Å². The van der Waals surface area contributed by atoms with Crippen LogP contribution in [0, 0.1) is 0 Å². The van der Waals surface area contributed by atoms with E-state index in [0.717, 1.165) is 27.9 Å². The molecule has 0 spiro atoms. The molecule has 3 aromatic rings. The fourth-order valence-electron chi connectivity index (χ4n) is 2.59. The maximum Gasteiger partial charge on any atom is 0.248 e. The molecule has 0 unspecified atom stereocenters. The fraction of sp³-hybridized carbons (Fsp3) is 0.0526. The maximum atomic E-state index is 11.5. The molecule has 1 heterocycles. The van der Waals surface area contributed by atoms with Gasteiger partial charge in [-0.3, -0.25) is 9.78 Å². The summed E-state index contributed by atoms with van der Waals surface area (Å²) in [5, 5.41) is 0.609. The molecule has 1 aromatic heterocycles. The number of rotatable bonds is 4. The fourth-order valence-corrected chi connectivity index (χ4v) is 2.80. The van der Waals surface area contributed by atoms with Crippen molar-refractivity contribution in [1.82, 2.24) is 4.98 Å². The van der Waals surface area contributed by atoms with Gasteiger partial charge in [0.05, 0.1) is 5.69 Å². The molecular weight excluding hydrogens is 322 g/mol. The van der Waals surface area contributed by atoms with Gasteiger partial charge in [0.2, 0.25) is 5.91 Å². The van der Waals surface area contributed by atoms with Crippen molar-refractivity contribution in [2.45, 2.75) is 6.54 Å². The molecule has 1 amide bonds. The monoisotopic (exact) mass is 337 g/mol. The number of halogens is 1. The van der Waals surface area contributed by atoms with Crippen molar-refractivity contribution in [3.8, 4) is 22.4 Å². The van der Waals surface area contributed by atoms with Crippen LogP contribution < -0.4 is 11.5 Å². The van der Waals surface area contributed by atoms with Crippen LogP contribution in [0.15, 0.2) is 60.8 Å². The van der Waals surface area contributed by atoms with E-state index in [1.54, 1.807) is 18.3 Å². The van der Waals surface area contributed by atoms with Gasteiger partial charge in [-0.25, -0.2) is 0 Å². The molecular formula is C19H16ClN3O. The molecule has 0 atom stereocenters. The van der Waals surface area contributed by atoms with E-state index in [4.69, 9.17) is 23.1 Å². The van der Waals surface area contributed by atoms with E-state index in [1.165, 1.54) is 0 Å². The van der Waals surface area contributed by atoms with Crippen molar-refractivity contribution in [1.29, 1.82) is 0 Å². The lowest BCUT2D eigenvalue weighted by Crippen LogP contribution is -2.11. The highest BCUT2D eigenvalue weighted by atomic mass is 35.5. The molecule has 5 heteroatoms.